The van der Waals surface area contributed by atoms with Gasteiger partial charge in [-0.2, -0.15) is 0 Å². The molecule has 0 saturated heterocycles. The second-order valence-corrected chi connectivity index (χ2v) is 3.23. The molecule has 0 spiro atoms. The van der Waals surface area contributed by atoms with Crippen LogP contribution >= 0.6 is 0 Å². The first-order valence-electron chi connectivity index (χ1n) is 4.90. The molecule has 86 valence electrons. The molecule has 0 amide bonds. The van der Waals surface area contributed by atoms with Crippen LogP contribution in [0, 0.1) is 0 Å². The predicted octanol–water partition coefficient (Wildman–Crippen LogP) is 1.65. The monoisotopic (exact) mass is 222 g/mol. The molecule has 0 N–H and O–H groups in total. The quantitative estimate of drug-likeness (QED) is 0.687. The highest BCUT2D eigenvalue weighted by Crippen LogP contribution is 2.30. The molecular formula is C12H14O4. The third-order valence-electron chi connectivity index (χ3n) is 2.30. The van der Waals surface area contributed by atoms with Gasteiger partial charge in [-0.1, -0.05) is 0 Å². The van der Waals surface area contributed by atoms with E-state index in [1.54, 1.807) is 12.1 Å². The number of methoxy groups -OCH3 is 2. The molecule has 0 atom stereocenters. The second kappa shape index (κ2) is 5.90. The topological polar surface area (TPSA) is 52.6 Å². The Labute approximate surface area is 94.2 Å². The van der Waals surface area contributed by atoms with E-state index in [0.717, 1.165) is 18.1 Å². The molecule has 0 aliphatic heterocycles. The van der Waals surface area contributed by atoms with E-state index in [0.29, 0.717) is 29.9 Å². The van der Waals surface area contributed by atoms with E-state index in [1.807, 2.05) is 0 Å². The molecule has 0 aromatic heterocycles. The molecule has 0 aliphatic rings. The third kappa shape index (κ3) is 2.59. The van der Waals surface area contributed by atoms with Gasteiger partial charge in [0.05, 0.1) is 14.2 Å². The van der Waals surface area contributed by atoms with Crippen LogP contribution in [-0.2, 0) is 11.2 Å². The summed E-state index contributed by atoms with van der Waals surface area (Å²) in [6.45, 7) is 0. The smallest absolute Gasteiger partial charge is 0.161 e. The fourth-order valence-electron chi connectivity index (χ4n) is 1.48. The fourth-order valence-corrected chi connectivity index (χ4v) is 1.48. The molecule has 1 rings (SSSR count). The van der Waals surface area contributed by atoms with E-state index in [-0.39, 0.29) is 0 Å². The van der Waals surface area contributed by atoms with Crippen molar-refractivity contribution in [2.75, 3.05) is 14.2 Å². The van der Waals surface area contributed by atoms with Crippen LogP contribution in [0.2, 0.25) is 0 Å². The van der Waals surface area contributed by atoms with Crippen molar-refractivity contribution in [2.45, 2.75) is 12.8 Å². The highest BCUT2D eigenvalue weighted by molar-refractivity contribution is 5.79. The third-order valence-corrected chi connectivity index (χ3v) is 2.30. The highest BCUT2D eigenvalue weighted by atomic mass is 16.5. The Balaban J connectivity index is 3.14. The number of rotatable bonds is 6. The van der Waals surface area contributed by atoms with Gasteiger partial charge in [0.1, 0.15) is 12.6 Å². The van der Waals surface area contributed by atoms with Crippen molar-refractivity contribution in [1.29, 1.82) is 0 Å². The zero-order valence-corrected chi connectivity index (χ0v) is 9.36. The number of carbonyl (C=O) groups is 2. The molecule has 0 aliphatic carbocycles. The van der Waals surface area contributed by atoms with Gasteiger partial charge in [0.25, 0.3) is 0 Å². The first-order valence-corrected chi connectivity index (χ1v) is 4.90. The van der Waals surface area contributed by atoms with Gasteiger partial charge in [0.2, 0.25) is 0 Å². The SMILES string of the molecule is COc1cc(C=O)c(CCC=O)cc1OC. The largest absolute Gasteiger partial charge is 0.493 e. The van der Waals surface area contributed by atoms with E-state index < -0.39 is 0 Å². The standard InChI is InChI=1S/C12H14O4/c1-15-11-6-9(4-3-5-13)10(8-14)7-12(11)16-2/h5-8H,3-4H2,1-2H3. The number of hydrogen-bond donors (Lipinski definition) is 0. The summed E-state index contributed by atoms with van der Waals surface area (Å²) in [4.78, 5) is 21.2. The Morgan fingerprint density at radius 2 is 1.75 bits per heavy atom. The van der Waals surface area contributed by atoms with Gasteiger partial charge in [-0.3, -0.25) is 4.79 Å². The van der Waals surface area contributed by atoms with Gasteiger partial charge < -0.3 is 14.3 Å². The predicted molar refractivity (Wildman–Crippen MR) is 59.3 cm³/mol. The number of benzene rings is 1. The molecule has 1 aromatic carbocycles. The van der Waals surface area contributed by atoms with Crippen molar-refractivity contribution in [3.05, 3.63) is 23.3 Å². The summed E-state index contributed by atoms with van der Waals surface area (Å²) in [6, 6.07) is 3.35. The lowest BCUT2D eigenvalue weighted by Crippen LogP contribution is -1.98. The van der Waals surface area contributed by atoms with Crippen LogP contribution in [0.25, 0.3) is 0 Å². The minimum absolute atomic E-state index is 0.385. The van der Waals surface area contributed by atoms with Crippen molar-refractivity contribution in [1.82, 2.24) is 0 Å². The number of carbonyl (C=O) groups excluding carboxylic acids is 2. The van der Waals surface area contributed by atoms with Crippen molar-refractivity contribution in [2.24, 2.45) is 0 Å². The Kier molecular flexibility index (Phi) is 4.51. The molecule has 0 radical (unpaired) electrons. The summed E-state index contributed by atoms with van der Waals surface area (Å²) < 4.78 is 10.2. The first kappa shape index (κ1) is 12.2. The molecule has 4 nitrogen and oxygen atoms in total. The van der Waals surface area contributed by atoms with Crippen molar-refractivity contribution in [3.63, 3.8) is 0 Å². The number of ether oxygens (including phenoxy) is 2. The molecule has 0 fully saturated rings. The Hall–Kier alpha value is -1.84. The van der Waals surface area contributed by atoms with Crippen molar-refractivity contribution in [3.8, 4) is 11.5 Å². The number of hydrogen-bond acceptors (Lipinski definition) is 4. The lowest BCUT2D eigenvalue weighted by atomic mass is 10.0. The Morgan fingerprint density at radius 3 is 2.25 bits per heavy atom. The van der Waals surface area contributed by atoms with Crippen molar-refractivity contribution >= 4 is 12.6 Å². The summed E-state index contributed by atoms with van der Waals surface area (Å²) >= 11 is 0. The summed E-state index contributed by atoms with van der Waals surface area (Å²) in [6.07, 6.45) is 2.49. The van der Waals surface area contributed by atoms with Gasteiger partial charge in [0, 0.05) is 12.0 Å². The highest BCUT2D eigenvalue weighted by Gasteiger charge is 2.10. The zero-order valence-electron chi connectivity index (χ0n) is 9.36. The van der Waals surface area contributed by atoms with E-state index >= 15 is 0 Å². The minimum Gasteiger partial charge on any atom is -0.493 e. The van der Waals surface area contributed by atoms with E-state index in [1.165, 1.54) is 14.2 Å². The normalized spacial score (nSPS) is 9.62. The van der Waals surface area contributed by atoms with Crippen LogP contribution in [0.3, 0.4) is 0 Å². The van der Waals surface area contributed by atoms with E-state index in [4.69, 9.17) is 9.47 Å². The molecule has 1 aromatic rings. The summed E-state index contributed by atoms with van der Waals surface area (Å²) in [5, 5.41) is 0. The van der Waals surface area contributed by atoms with Gasteiger partial charge in [-0.05, 0) is 24.1 Å². The second-order valence-electron chi connectivity index (χ2n) is 3.23. The minimum atomic E-state index is 0.385. The lowest BCUT2D eigenvalue weighted by Gasteiger charge is -2.11. The molecule has 16 heavy (non-hydrogen) atoms. The molecular weight excluding hydrogens is 208 g/mol. The Morgan fingerprint density at radius 1 is 1.12 bits per heavy atom. The average Bonchev–Trinajstić information content (AvgIpc) is 2.35. The van der Waals surface area contributed by atoms with Crippen LogP contribution in [0.4, 0.5) is 0 Å². The average molecular weight is 222 g/mol. The Bertz CT molecular complexity index is 385. The maximum absolute atomic E-state index is 10.9. The summed E-state index contributed by atoms with van der Waals surface area (Å²) in [7, 11) is 3.04. The van der Waals surface area contributed by atoms with E-state index in [9.17, 15) is 9.59 Å². The van der Waals surface area contributed by atoms with Crippen LogP contribution in [0.5, 0.6) is 11.5 Å². The molecule has 0 saturated carbocycles. The zero-order chi connectivity index (χ0) is 12.0. The number of aldehydes is 2. The maximum atomic E-state index is 10.9. The lowest BCUT2D eigenvalue weighted by molar-refractivity contribution is -0.107. The summed E-state index contributed by atoms with van der Waals surface area (Å²) in [5.41, 5.74) is 1.32. The van der Waals surface area contributed by atoms with Crippen LogP contribution in [0.15, 0.2) is 12.1 Å². The van der Waals surface area contributed by atoms with Gasteiger partial charge in [-0.15, -0.1) is 0 Å². The molecule has 0 heterocycles. The maximum Gasteiger partial charge on any atom is 0.161 e. The van der Waals surface area contributed by atoms with Gasteiger partial charge in [-0.25, -0.2) is 0 Å². The van der Waals surface area contributed by atoms with Crippen LogP contribution < -0.4 is 9.47 Å². The van der Waals surface area contributed by atoms with Gasteiger partial charge >= 0.3 is 0 Å². The van der Waals surface area contributed by atoms with Crippen molar-refractivity contribution < 1.29 is 19.1 Å². The molecule has 4 heteroatoms. The summed E-state index contributed by atoms with van der Waals surface area (Å²) in [5.74, 6) is 1.08. The number of aryl methyl sites for hydroxylation is 1. The molecule has 0 unspecified atom stereocenters. The molecule has 0 bridgehead atoms. The fraction of sp³-hybridized carbons (Fsp3) is 0.333. The first-order chi connectivity index (χ1) is 7.76. The van der Waals surface area contributed by atoms with Gasteiger partial charge in [0.15, 0.2) is 11.5 Å². The van der Waals surface area contributed by atoms with Crippen LogP contribution in [0.1, 0.15) is 22.3 Å². The van der Waals surface area contributed by atoms with E-state index in [2.05, 4.69) is 0 Å². The van der Waals surface area contributed by atoms with Crippen LogP contribution in [-0.4, -0.2) is 26.8 Å².